The quantitative estimate of drug-likeness (QED) is 0.622. The number of ether oxygens (including phenoxy) is 2. The minimum absolute atomic E-state index is 0. The number of nitrogens with two attached hydrogens (primary N) is 1. The van der Waals surface area contributed by atoms with Gasteiger partial charge in [0.2, 0.25) is 0 Å². The Balaban J connectivity index is 0.00000256. The van der Waals surface area contributed by atoms with E-state index in [9.17, 15) is 4.79 Å². The van der Waals surface area contributed by atoms with E-state index >= 15 is 0 Å². The molecule has 0 amide bonds. The summed E-state index contributed by atoms with van der Waals surface area (Å²) in [4.78, 5) is 11.0. The number of methoxy groups -OCH3 is 1. The van der Waals surface area contributed by atoms with Gasteiger partial charge in [-0.2, -0.15) is 0 Å². The first-order valence-corrected chi connectivity index (χ1v) is 5.19. The number of benzene rings is 1. The Kier molecular flexibility index (Phi) is 8.40. The van der Waals surface area contributed by atoms with E-state index in [4.69, 9.17) is 10.5 Å². The van der Waals surface area contributed by atoms with Gasteiger partial charge in [-0.1, -0.05) is 30.3 Å². The van der Waals surface area contributed by atoms with Gasteiger partial charge in [0.25, 0.3) is 0 Å². The normalized spacial score (nSPS) is 11.4. The number of carbonyl (C=O) groups excluding carboxylic acids is 1. The van der Waals surface area contributed by atoms with Gasteiger partial charge >= 0.3 is 5.97 Å². The molecule has 0 aliphatic carbocycles. The summed E-state index contributed by atoms with van der Waals surface area (Å²) in [6, 6.07) is 9.25. The van der Waals surface area contributed by atoms with Crippen molar-refractivity contribution in [2.24, 2.45) is 5.73 Å². The summed E-state index contributed by atoms with van der Waals surface area (Å²) in [5.74, 6) is -0.400. The molecule has 0 unspecified atom stereocenters. The highest BCUT2D eigenvalue weighted by Crippen LogP contribution is 2.01. The van der Waals surface area contributed by atoms with Crippen molar-refractivity contribution in [3.8, 4) is 0 Å². The highest BCUT2D eigenvalue weighted by atomic mass is 35.5. The van der Waals surface area contributed by atoms with Gasteiger partial charge in [0.1, 0.15) is 6.04 Å². The van der Waals surface area contributed by atoms with Crippen LogP contribution in [-0.4, -0.2) is 25.7 Å². The molecule has 0 aliphatic rings. The zero-order valence-electron chi connectivity index (χ0n) is 9.80. The van der Waals surface area contributed by atoms with Gasteiger partial charge in [-0.3, -0.25) is 4.79 Å². The molecule has 0 bridgehead atoms. The summed E-state index contributed by atoms with van der Waals surface area (Å²) in [5.41, 5.74) is 6.66. The third-order valence-electron chi connectivity index (χ3n) is 2.19. The summed E-state index contributed by atoms with van der Waals surface area (Å²) >= 11 is 0. The molecule has 0 spiro atoms. The van der Waals surface area contributed by atoms with Crippen LogP contribution in [0.25, 0.3) is 0 Å². The Bertz CT molecular complexity index is 319. The average molecular weight is 260 g/mol. The molecule has 0 fully saturated rings. The van der Waals surface area contributed by atoms with E-state index in [-0.39, 0.29) is 12.4 Å². The second-order valence-electron chi connectivity index (χ2n) is 3.46. The first kappa shape index (κ1) is 15.9. The van der Waals surface area contributed by atoms with Crippen molar-refractivity contribution in [1.82, 2.24) is 0 Å². The van der Waals surface area contributed by atoms with Crippen molar-refractivity contribution in [3.05, 3.63) is 35.9 Å². The lowest BCUT2D eigenvalue weighted by molar-refractivity contribution is -0.142. The van der Waals surface area contributed by atoms with E-state index in [2.05, 4.69) is 4.74 Å². The lowest BCUT2D eigenvalue weighted by Gasteiger charge is -2.09. The van der Waals surface area contributed by atoms with Gasteiger partial charge in [-0.25, -0.2) is 0 Å². The van der Waals surface area contributed by atoms with Crippen molar-refractivity contribution in [3.63, 3.8) is 0 Å². The lowest BCUT2D eigenvalue weighted by Crippen LogP contribution is -2.32. The Hall–Kier alpha value is -1.10. The summed E-state index contributed by atoms with van der Waals surface area (Å²) in [6.07, 6.45) is 0.472. The topological polar surface area (TPSA) is 61.5 Å². The molecule has 96 valence electrons. The third-order valence-corrected chi connectivity index (χ3v) is 2.19. The summed E-state index contributed by atoms with van der Waals surface area (Å²) < 4.78 is 9.91. The molecule has 0 aromatic heterocycles. The SMILES string of the molecule is COC(=O)[C@H](N)CCOCc1ccccc1.Cl. The van der Waals surface area contributed by atoms with Crippen LogP contribution in [0.4, 0.5) is 0 Å². The fraction of sp³-hybridized carbons (Fsp3) is 0.417. The molecule has 1 aromatic rings. The molecule has 4 nitrogen and oxygen atoms in total. The van der Waals surface area contributed by atoms with Crippen molar-refractivity contribution in [1.29, 1.82) is 0 Å². The molecule has 0 saturated heterocycles. The van der Waals surface area contributed by atoms with Crippen LogP contribution >= 0.6 is 12.4 Å². The van der Waals surface area contributed by atoms with Crippen molar-refractivity contribution in [2.45, 2.75) is 19.1 Å². The standard InChI is InChI=1S/C12H17NO3.ClH/c1-15-12(14)11(13)7-8-16-9-10-5-3-2-4-6-10;/h2-6,11H,7-9,13H2,1H3;1H/t11-;/m1./s1. The van der Waals surface area contributed by atoms with Crippen LogP contribution in [-0.2, 0) is 20.9 Å². The molecule has 2 N–H and O–H groups in total. The Morgan fingerprint density at radius 3 is 2.59 bits per heavy atom. The lowest BCUT2D eigenvalue weighted by atomic mass is 10.2. The average Bonchev–Trinajstić information content (AvgIpc) is 2.34. The van der Waals surface area contributed by atoms with E-state index in [0.717, 1.165) is 5.56 Å². The molecule has 0 saturated carbocycles. The zero-order chi connectivity index (χ0) is 11.8. The molecule has 0 heterocycles. The van der Waals surface area contributed by atoms with Crippen LogP contribution < -0.4 is 5.73 Å². The number of carbonyl (C=O) groups is 1. The molecule has 1 atom stereocenters. The van der Waals surface area contributed by atoms with E-state index in [1.165, 1.54) is 7.11 Å². The van der Waals surface area contributed by atoms with Crippen LogP contribution in [0.5, 0.6) is 0 Å². The summed E-state index contributed by atoms with van der Waals surface area (Å²) in [7, 11) is 1.33. The fourth-order valence-electron chi connectivity index (χ4n) is 1.24. The number of halogens is 1. The molecular weight excluding hydrogens is 242 g/mol. The Morgan fingerprint density at radius 1 is 1.35 bits per heavy atom. The minimum Gasteiger partial charge on any atom is -0.468 e. The second kappa shape index (κ2) is 8.98. The van der Waals surface area contributed by atoms with Gasteiger partial charge in [-0.05, 0) is 12.0 Å². The van der Waals surface area contributed by atoms with Crippen LogP contribution in [0.2, 0.25) is 0 Å². The smallest absolute Gasteiger partial charge is 0.322 e. The minimum atomic E-state index is -0.597. The monoisotopic (exact) mass is 259 g/mol. The first-order valence-electron chi connectivity index (χ1n) is 5.19. The van der Waals surface area contributed by atoms with Crippen LogP contribution in [0.15, 0.2) is 30.3 Å². The third kappa shape index (κ3) is 6.26. The van der Waals surface area contributed by atoms with Crippen LogP contribution in [0.1, 0.15) is 12.0 Å². The Morgan fingerprint density at radius 2 is 2.00 bits per heavy atom. The number of esters is 1. The maximum atomic E-state index is 11.0. The maximum Gasteiger partial charge on any atom is 0.322 e. The van der Waals surface area contributed by atoms with E-state index in [1.54, 1.807) is 0 Å². The first-order chi connectivity index (χ1) is 7.74. The zero-order valence-corrected chi connectivity index (χ0v) is 10.6. The van der Waals surface area contributed by atoms with Crippen molar-refractivity contribution >= 4 is 18.4 Å². The van der Waals surface area contributed by atoms with Gasteiger partial charge in [0, 0.05) is 6.61 Å². The summed E-state index contributed by atoms with van der Waals surface area (Å²) in [5, 5.41) is 0. The van der Waals surface area contributed by atoms with Gasteiger partial charge in [0.05, 0.1) is 13.7 Å². The molecule has 0 radical (unpaired) electrons. The van der Waals surface area contributed by atoms with Crippen LogP contribution in [0.3, 0.4) is 0 Å². The predicted octanol–water partition coefficient (Wildman–Crippen LogP) is 1.52. The molecule has 17 heavy (non-hydrogen) atoms. The van der Waals surface area contributed by atoms with Gasteiger partial charge in [0.15, 0.2) is 0 Å². The molecule has 1 rings (SSSR count). The maximum absolute atomic E-state index is 11.0. The van der Waals surface area contributed by atoms with Gasteiger partial charge < -0.3 is 15.2 Å². The Labute approximate surface area is 108 Å². The number of hydrogen-bond acceptors (Lipinski definition) is 4. The van der Waals surface area contributed by atoms with E-state index in [1.807, 2.05) is 30.3 Å². The predicted molar refractivity (Wildman–Crippen MR) is 68.0 cm³/mol. The van der Waals surface area contributed by atoms with Crippen molar-refractivity contribution in [2.75, 3.05) is 13.7 Å². The highest BCUT2D eigenvalue weighted by Gasteiger charge is 2.12. The van der Waals surface area contributed by atoms with Crippen molar-refractivity contribution < 1.29 is 14.3 Å². The second-order valence-corrected chi connectivity index (χ2v) is 3.46. The molecular formula is C12H18ClNO3. The van der Waals surface area contributed by atoms with E-state index < -0.39 is 12.0 Å². The number of hydrogen-bond donors (Lipinski definition) is 1. The van der Waals surface area contributed by atoms with Gasteiger partial charge in [-0.15, -0.1) is 12.4 Å². The fourth-order valence-corrected chi connectivity index (χ4v) is 1.24. The largest absolute Gasteiger partial charge is 0.468 e. The molecule has 5 heteroatoms. The molecule has 0 aliphatic heterocycles. The highest BCUT2D eigenvalue weighted by molar-refractivity contribution is 5.85. The number of rotatable bonds is 6. The summed E-state index contributed by atoms with van der Waals surface area (Å²) in [6.45, 7) is 0.986. The van der Waals surface area contributed by atoms with E-state index in [0.29, 0.717) is 19.6 Å². The molecule has 1 aromatic carbocycles. The van der Waals surface area contributed by atoms with Crippen LogP contribution in [0, 0.1) is 0 Å².